The summed E-state index contributed by atoms with van der Waals surface area (Å²) >= 11 is 0. The van der Waals surface area contributed by atoms with E-state index in [0.29, 0.717) is 6.54 Å². The summed E-state index contributed by atoms with van der Waals surface area (Å²) in [6, 6.07) is 6.32. The Hall–Kier alpha value is -2.93. The van der Waals surface area contributed by atoms with Gasteiger partial charge in [0.1, 0.15) is 5.65 Å². The first-order valence-electron chi connectivity index (χ1n) is 9.43. The molecule has 0 spiro atoms. The highest BCUT2D eigenvalue weighted by Crippen LogP contribution is 2.35. The zero-order valence-corrected chi connectivity index (χ0v) is 15.1. The minimum absolute atomic E-state index is 0.00177. The SMILES string of the molecule is O=C1NCc2cnc3[nH]ccc3c2N1C1CCN(Cc2cccnc2)CC1. The maximum absolute atomic E-state index is 12.8. The highest BCUT2D eigenvalue weighted by molar-refractivity contribution is 6.04. The number of amides is 2. The van der Waals surface area contributed by atoms with Crippen LogP contribution < -0.4 is 10.2 Å². The Bertz CT molecular complexity index is 961. The molecule has 2 aliphatic heterocycles. The van der Waals surface area contributed by atoms with Crippen molar-refractivity contribution in [2.24, 2.45) is 0 Å². The zero-order valence-electron chi connectivity index (χ0n) is 15.1. The van der Waals surface area contributed by atoms with Crippen LogP contribution >= 0.6 is 0 Å². The summed E-state index contributed by atoms with van der Waals surface area (Å²) in [5, 5.41) is 4.04. The van der Waals surface area contributed by atoms with Crippen LogP contribution in [0.3, 0.4) is 0 Å². The van der Waals surface area contributed by atoms with Crippen LogP contribution in [0, 0.1) is 0 Å². The van der Waals surface area contributed by atoms with Crippen molar-refractivity contribution in [3.8, 4) is 0 Å². The monoisotopic (exact) mass is 362 g/mol. The lowest BCUT2D eigenvalue weighted by molar-refractivity contribution is 0.196. The molecular weight excluding hydrogens is 340 g/mol. The van der Waals surface area contributed by atoms with Gasteiger partial charge in [0, 0.05) is 68.0 Å². The number of piperidine rings is 1. The number of pyridine rings is 2. The number of nitrogens with one attached hydrogen (secondary N) is 2. The van der Waals surface area contributed by atoms with E-state index >= 15 is 0 Å². The molecule has 1 fully saturated rings. The van der Waals surface area contributed by atoms with E-state index in [1.807, 2.05) is 35.6 Å². The van der Waals surface area contributed by atoms with E-state index in [-0.39, 0.29) is 12.1 Å². The van der Waals surface area contributed by atoms with Crippen LogP contribution in [0.2, 0.25) is 0 Å². The molecule has 0 bridgehead atoms. The van der Waals surface area contributed by atoms with E-state index in [2.05, 4.69) is 31.2 Å². The molecule has 2 aliphatic rings. The number of fused-ring (bicyclic) bond motifs is 3. The molecule has 0 unspecified atom stereocenters. The summed E-state index contributed by atoms with van der Waals surface area (Å²) in [6.07, 6.45) is 9.41. The van der Waals surface area contributed by atoms with Crippen LogP contribution in [0.4, 0.5) is 10.5 Å². The van der Waals surface area contributed by atoms with Crippen molar-refractivity contribution in [3.63, 3.8) is 0 Å². The van der Waals surface area contributed by atoms with Crippen molar-refractivity contribution in [2.75, 3.05) is 18.0 Å². The standard InChI is InChI=1S/C20H22N6O/c27-20-24-12-15-11-23-19-17(3-7-22-19)18(15)26(20)16-4-8-25(9-5-16)13-14-2-1-6-21-10-14/h1-3,6-7,10-11,16H,4-5,8-9,12-13H2,(H,22,23)(H,24,27). The second kappa shape index (κ2) is 6.66. The summed E-state index contributed by atoms with van der Waals surface area (Å²) in [5.41, 5.74) is 4.18. The number of rotatable bonds is 3. The number of urea groups is 1. The summed E-state index contributed by atoms with van der Waals surface area (Å²) in [5.74, 6) is 0. The third-order valence-electron chi connectivity index (χ3n) is 5.57. The summed E-state index contributed by atoms with van der Waals surface area (Å²) < 4.78 is 0. The number of H-pyrrole nitrogens is 1. The molecule has 5 heterocycles. The third-order valence-corrected chi connectivity index (χ3v) is 5.57. The molecule has 7 heteroatoms. The van der Waals surface area contributed by atoms with Gasteiger partial charge in [0.05, 0.1) is 5.69 Å². The molecule has 2 amide bonds. The van der Waals surface area contributed by atoms with E-state index in [4.69, 9.17) is 0 Å². The minimum Gasteiger partial charge on any atom is -0.346 e. The first-order chi connectivity index (χ1) is 13.3. The van der Waals surface area contributed by atoms with Gasteiger partial charge in [-0.05, 0) is 30.5 Å². The number of likely N-dealkylation sites (tertiary alicyclic amines) is 1. The quantitative estimate of drug-likeness (QED) is 0.751. The molecule has 0 aromatic carbocycles. The fourth-order valence-corrected chi connectivity index (χ4v) is 4.24. The number of aromatic amines is 1. The molecule has 0 aliphatic carbocycles. The Balaban J connectivity index is 1.37. The van der Waals surface area contributed by atoms with Crippen molar-refractivity contribution >= 4 is 22.8 Å². The van der Waals surface area contributed by atoms with Gasteiger partial charge in [-0.15, -0.1) is 0 Å². The van der Waals surface area contributed by atoms with Crippen LogP contribution in [-0.2, 0) is 13.1 Å². The molecule has 0 saturated carbocycles. The molecule has 138 valence electrons. The topological polar surface area (TPSA) is 77.2 Å². The second-order valence-corrected chi connectivity index (χ2v) is 7.27. The van der Waals surface area contributed by atoms with Gasteiger partial charge in [0.15, 0.2) is 0 Å². The Morgan fingerprint density at radius 2 is 2.07 bits per heavy atom. The van der Waals surface area contributed by atoms with Crippen LogP contribution in [0.25, 0.3) is 11.0 Å². The lowest BCUT2D eigenvalue weighted by Gasteiger charge is -2.41. The Labute approximate surface area is 157 Å². The zero-order chi connectivity index (χ0) is 18.2. The van der Waals surface area contributed by atoms with Gasteiger partial charge in [0.2, 0.25) is 0 Å². The third kappa shape index (κ3) is 2.94. The van der Waals surface area contributed by atoms with Crippen molar-refractivity contribution in [2.45, 2.75) is 32.0 Å². The summed E-state index contributed by atoms with van der Waals surface area (Å²) in [4.78, 5) is 29.0. The van der Waals surface area contributed by atoms with Crippen LogP contribution in [0.15, 0.2) is 43.0 Å². The molecule has 0 atom stereocenters. The molecule has 7 nitrogen and oxygen atoms in total. The Morgan fingerprint density at radius 1 is 1.19 bits per heavy atom. The van der Waals surface area contributed by atoms with Crippen LogP contribution in [-0.4, -0.2) is 45.0 Å². The van der Waals surface area contributed by atoms with Gasteiger partial charge in [-0.2, -0.15) is 0 Å². The first kappa shape index (κ1) is 16.3. The molecule has 2 N–H and O–H groups in total. The molecule has 1 saturated heterocycles. The number of carbonyl (C=O) groups is 1. The number of anilines is 1. The number of aromatic nitrogens is 3. The number of nitrogens with zero attached hydrogens (tertiary/aromatic N) is 4. The van der Waals surface area contributed by atoms with Gasteiger partial charge >= 0.3 is 6.03 Å². The molecule has 5 rings (SSSR count). The first-order valence-corrected chi connectivity index (χ1v) is 9.43. The number of hydrogen-bond acceptors (Lipinski definition) is 4. The maximum Gasteiger partial charge on any atom is 0.322 e. The lowest BCUT2D eigenvalue weighted by Crippen LogP contribution is -2.53. The average Bonchev–Trinajstić information content (AvgIpc) is 3.19. The van der Waals surface area contributed by atoms with Crippen molar-refractivity contribution in [1.29, 1.82) is 0 Å². The molecule has 27 heavy (non-hydrogen) atoms. The van der Waals surface area contributed by atoms with Gasteiger partial charge in [-0.1, -0.05) is 6.07 Å². The van der Waals surface area contributed by atoms with Gasteiger partial charge in [-0.3, -0.25) is 14.8 Å². The Morgan fingerprint density at radius 3 is 2.89 bits per heavy atom. The summed E-state index contributed by atoms with van der Waals surface area (Å²) in [7, 11) is 0. The number of carbonyl (C=O) groups excluding carboxylic acids is 1. The molecule has 3 aromatic rings. The summed E-state index contributed by atoms with van der Waals surface area (Å²) in [6.45, 7) is 3.40. The van der Waals surface area contributed by atoms with Gasteiger partial charge < -0.3 is 10.3 Å². The largest absolute Gasteiger partial charge is 0.346 e. The number of hydrogen-bond donors (Lipinski definition) is 2. The smallest absolute Gasteiger partial charge is 0.322 e. The Kier molecular flexibility index (Phi) is 4.01. The predicted molar refractivity (Wildman–Crippen MR) is 103 cm³/mol. The van der Waals surface area contributed by atoms with E-state index in [9.17, 15) is 4.79 Å². The van der Waals surface area contributed by atoms with Gasteiger partial charge in [-0.25, -0.2) is 9.78 Å². The second-order valence-electron chi connectivity index (χ2n) is 7.27. The van der Waals surface area contributed by atoms with Crippen molar-refractivity contribution in [1.82, 2.24) is 25.2 Å². The average molecular weight is 362 g/mol. The molecule has 3 aromatic heterocycles. The maximum atomic E-state index is 12.8. The normalized spacial score (nSPS) is 18.5. The van der Waals surface area contributed by atoms with E-state index in [1.165, 1.54) is 5.56 Å². The fraction of sp³-hybridized carbons (Fsp3) is 0.350. The highest BCUT2D eigenvalue weighted by Gasteiger charge is 2.34. The fourth-order valence-electron chi connectivity index (χ4n) is 4.24. The highest BCUT2D eigenvalue weighted by atomic mass is 16.2. The van der Waals surface area contributed by atoms with Gasteiger partial charge in [0.25, 0.3) is 0 Å². The molecule has 0 radical (unpaired) electrons. The van der Waals surface area contributed by atoms with Crippen molar-refractivity contribution < 1.29 is 4.79 Å². The minimum atomic E-state index is 0.00177. The molecular formula is C20H22N6O. The van der Waals surface area contributed by atoms with E-state index < -0.39 is 0 Å². The van der Waals surface area contributed by atoms with E-state index in [1.54, 1.807) is 6.20 Å². The predicted octanol–water partition coefficient (Wildman–Crippen LogP) is 2.65. The van der Waals surface area contributed by atoms with Crippen LogP contribution in [0.5, 0.6) is 0 Å². The van der Waals surface area contributed by atoms with E-state index in [0.717, 1.165) is 54.8 Å². The van der Waals surface area contributed by atoms with Crippen molar-refractivity contribution in [3.05, 3.63) is 54.1 Å². The van der Waals surface area contributed by atoms with Crippen LogP contribution in [0.1, 0.15) is 24.0 Å². The lowest BCUT2D eigenvalue weighted by atomic mass is 9.99.